The van der Waals surface area contributed by atoms with Crippen molar-refractivity contribution in [3.8, 4) is 0 Å². The predicted octanol–water partition coefficient (Wildman–Crippen LogP) is 5.65. The maximum Gasteiger partial charge on any atom is 0.0342 e. The zero-order chi connectivity index (χ0) is 21.3. The monoisotopic (exact) mass is 413 g/mol. The van der Waals surface area contributed by atoms with E-state index in [1.807, 2.05) is 0 Å². The third-order valence-electron chi connectivity index (χ3n) is 6.33. The van der Waals surface area contributed by atoms with Crippen molar-refractivity contribution in [1.82, 2.24) is 9.80 Å². The lowest BCUT2D eigenvalue weighted by Gasteiger charge is -2.37. The number of anilines is 1. The van der Waals surface area contributed by atoms with Crippen LogP contribution in [0.15, 0.2) is 91.0 Å². The molecule has 4 rings (SSSR count). The van der Waals surface area contributed by atoms with E-state index in [1.165, 1.54) is 42.7 Å². The molecule has 1 aliphatic heterocycles. The van der Waals surface area contributed by atoms with Gasteiger partial charge >= 0.3 is 0 Å². The zero-order valence-corrected chi connectivity index (χ0v) is 18.7. The number of likely N-dealkylation sites (tertiary alicyclic amines) is 1. The van der Waals surface area contributed by atoms with Gasteiger partial charge in [0.1, 0.15) is 0 Å². The molecule has 3 aromatic rings. The highest BCUT2D eigenvalue weighted by Crippen LogP contribution is 2.19. The fourth-order valence-electron chi connectivity index (χ4n) is 4.52. The molecule has 1 N–H and O–H groups in total. The molecule has 3 aromatic carbocycles. The fraction of sp³-hybridized carbons (Fsp3) is 0.357. The quantitative estimate of drug-likeness (QED) is 0.489. The second kappa shape index (κ2) is 11.1. The van der Waals surface area contributed by atoms with Crippen LogP contribution >= 0.6 is 0 Å². The van der Waals surface area contributed by atoms with Crippen molar-refractivity contribution in [3.05, 3.63) is 102 Å². The minimum atomic E-state index is 0.499. The maximum atomic E-state index is 3.71. The lowest BCUT2D eigenvalue weighted by atomic mass is 10.0. The summed E-state index contributed by atoms with van der Waals surface area (Å²) < 4.78 is 0. The Morgan fingerprint density at radius 1 is 0.774 bits per heavy atom. The average Bonchev–Trinajstić information content (AvgIpc) is 2.82. The number of rotatable bonds is 9. The SMILES string of the molecule is CC(CN1CCC(Nc2ccccc2)CC1)N(Cc1ccccc1)Cc1ccccc1. The fourth-order valence-corrected chi connectivity index (χ4v) is 4.52. The molecule has 1 fully saturated rings. The van der Waals surface area contributed by atoms with Crippen molar-refractivity contribution >= 4 is 5.69 Å². The molecule has 1 heterocycles. The van der Waals surface area contributed by atoms with Crippen LogP contribution in [-0.4, -0.2) is 41.5 Å². The highest BCUT2D eigenvalue weighted by molar-refractivity contribution is 5.43. The summed E-state index contributed by atoms with van der Waals surface area (Å²) in [6.07, 6.45) is 2.41. The van der Waals surface area contributed by atoms with Crippen molar-refractivity contribution in [2.75, 3.05) is 25.0 Å². The van der Waals surface area contributed by atoms with E-state index in [0.29, 0.717) is 12.1 Å². The summed E-state index contributed by atoms with van der Waals surface area (Å²) in [6, 6.07) is 33.4. The Morgan fingerprint density at radius 2 is 1.26 bits per heavy atom. The first kappa shape index (κ1) is 21.6. The van der Waals surface area contributed by atoms with E-state index in [0.717, 1.165) is 19.6 Å². The van der Waals surface area contributed by atoms with Gasteiger partial charge in [0, 0.05) is 50.5 Å². The summed E-state index contributed by atoms with van der Waals surface area (Å²) in [6.45, 7) is 7.82. The van der Waals surface area contributed by atoms with E-state index in [9.17, 15) is 0 Å². The van der Waals surface area contributed by atoms with E-state index >= 15 is 0 Å². The normalized spacial score (nSPS) is 16.3. The summed E-state index contributed by atoms with van der Waals surface area (Å²) in [5.41, 5.74) is 4.01. The van der Waals surface area contributed by atoms with Gasteiger partial charge < -0.3 is 10.2 Å². The van der Waals surface area contributed by atoms with Crippen molar-refractivity contribution < 1.29 is 0 Å². The molecule has 1 atom stereocenters. The molecule has 0 bridgehead atoms. The maximum absolute atomic E-state index is 3.71. The summed E-state index contributed by atoms with van der Waals surface area (Å²) in [4.78, 5) is 5.27. The summed E-state index contributed by atoms with van der Waals surface area (Å²) >= 11 is 0. The minimum Gasteiger partial charge on any atom is -0.382 e. The average molecular weight is 414 g/mol. The minimum absolute atomic E-state index is 0.499. The van der Waals surface area contributed by atoms with Crippen LogP contribution in [0.3, 0.4) is 0 Å². The first-order valence-electron chi connectivity index (χ1n) is 11.6. The Morgan fingerprint density at radius 3 is 1.77 bits per heavy atom. The summed E-state index contributed by atoms with van der Waals surface area (Å²) in [5, 5.41) is 3.71. The van der Waals surface area contributed by atoms with Gasteiger partial charge in [-0.2, -0.15) is 0 Å². The Labute approximate surface area is 187 Å². The lowest BCUT2D eigenvalue weighted by molar-refractivity contribution is 0.120. The Balaban J connectivity index is 1.33. The molecule has 3 heteroatoms. The smallest absolute Gasteiger partial charge is 0.0342 e. The third-order valence-corrected chi connectivity index (χ3v) is 6.33. The lowest BCUT2D eigenvalue weighted by Crippen LogP contribution is -2.46. The molecular formula is C28H35N3. The first-order chi connectivity index (χ1) is 15.3. The number of benzene rings is 3. The molecule has 0 saturated carbocycles. The second-order valence-electron chi connectivity index (χ2n) is 8.81. The molecule has 0 amide bonds. The van der Waals surface area contributed by atoms with Crippen molar-refractivity contribution in [2.45, 2.75) is 44.9 Å². The van der Waals surface area contributed by atoms with Crippen LogP contribution in [0.2, 0.25) is 0 Å². The van der Waals surface area contributed by atoms with Crippen LogP contribution < -0.4 is 5.32 Å². The zero-order valence-electron chi connectivity index (χ0n) is 18.7. The highest BCUT2D eigenvalue weighted by atomic mass is 15.2. The number of nitrogens with one attached hydrogen (secondary N) is 1. The first-order valence-corrected chi connectivity index (χ1v) is 11.6. The standard InChI is InChI=1S/C28H35N3/c1-24(21-30-19-17-28(18-20-30)29-27-15-9-4-10-16-27)31(22-25-11-5-2-6-12-25)23-26-13-7-3-8-14-26/h2-16,24,28-29H,17-23H2,1H3. The van der Waals surface area contributed by atoms with Gasteiger partial charge in [0.05, 0.1) is 0 Å². The van der Waals surface area contributed by atoms with Crippen molar-refractivity contribution in [2.24, 2.45) is 0 Å². The van der Waals surface area contributed by atoms with Gasteiger partial charge in [0.2, 0.25) is 0 Å². The molecule has 1 aliphatic rings. The number of nitrogens with zero attached hydrogens (tertiary/aromatic N) is 2. The Bertz CT molecular complexity index is 832. The largest absolute Gasteiger partial charge is 0.382 e. The van der Waals surface area contributed by atoms with Crippen LogP contribution in [0.1, 0.15) is 30.9 Å². The van der Waals surface area contributed by atoms with Crippen molar-refractivity contribution in [1.29, 1.82) is 0 Å². The van der Waals surface area contributed by atoms with Gasteiger partial charge in [-0.15, -0.1) is 0 Å². The van der Waals surface area contributed by atoms with Crippen molar-refractivity contribution in [3.63, 3.8) is 0 Å². The number of hydrogen-bond acceptors (Lipinski definition) is 3. The molecule has 0 aromatic heterocycles. The van der Waals surface area contributed by atoms with E-state index < -0.39 is 0 Å². The number of hydrogen-bond donors (Lipinski definition) is 1. The van der Waals surface area contributed by atoms with Gasteiger partial charge in [-0.25, -0.2) is 0 Å². The molecule has 0 spiro atoms. The highest BCUT2D eigenvalue weighted by Gasteiger charge is 2.23. The van der Waals surface area contributed by atoms with E-state index in [-0.39, 0.29) is 0 Å². The Hall–Kier alpha value is -2.62. The van der Waals surface area contributed by atoms with E-state index in [2.05, 4.69) is 113 Å². The van der Waals surface area contributed by atoms with Gasteiger partial charge in [0.15, 0.2) is 0 Å². The van der Waals surface area contributed by atoms with E-state index in [4.69, 9.17) is 0 Å². The predicted molar refractivity (Wildman–Crippen MR) is 131 cm³/mol. The van der Waals surface area contributed by atoms with Gasteiger partial charge in [-0.3, -0.25) is 4.90 Å². The van der Waals surface area contributed by atoms with Crippen LogP contribution in [0.5, 0.6) is 0 Å². The molecule has 1 saturated heterocycles. The topological polar surface area (TPSA) is 18.5 Å². The molecule has 3 nitrogen and oxygen atoms in total. The molecule has 0 aliphatic carbocycles. The van der Waals surface area contributed by atoms with Crippen LogP contribution in [-0.2, 0) is 13.1 Å². The van der Waals surface area contributed by atoms with E-state index in [1.54, 1.807) is 0 Å². The summed E-state index contributed by atoms with van der Waals surface area (Å²) in [5.74, 6) is 0. The Kier molecular flexibility index (Phi) is 7.76. The van der Waals surface area contributed by atoms with Crippen LogP contribution in [0.4, 0.5) is 5.69 Å². The van der Waals surface area contributed by atoms with Gasteiger partial charge in [-0.1, -0.05) is 78.9 Å². The molecule has 0 radical (unpaired) electrons. The number of piperidine rings is 1. The molecule has 1 unspecified atom stereocenters. The molecular weight excluding hydrogens is 378 g/mol. The molecule has 162 valence electrons. The number of para-hydroxylation sites is 1. The van der Waals surface area contributed by atoms with Crippen LogP contribution in [0, 0.1) is 0 Å². The van der Waals surface area contributed by atoms with Gasteiger partial charge in [-0.05, 0) is 43.0 Å². The second-order valence-corrected chi connectivity index (χ2v) is 8.81. The summed E-state index contributed by atoms with van der Waals surface area (Å²) in [7, 11) is 0. The van der Waals surface area contributed by atoms with Crippen LogP contribution in [0.25, 0.3) is 0 Å². The third kappa shape index (κ3) is 6.68. The molecule has 31 heavy (non-hydrogen) atoms. The van der Waals surface area contributed by atoms with Gasteiger partial charge in [0.25, 0.3) is 0 Å².